The van der Waals surface area contributed by atoms with E-state index in [9.17, 15) is 9.59 Å². The standard InChI is InChI=1S/C19H19NO5S2/c20-17(9-18(21)22)19(23)25-14-3-1-12(2-4-14)24-13-5-7-15(8-6-13)26-10-16-11-27-16/h1-8,16-17H,9-11,20H2,(H,21,22). The first kappa shape index (κ1) is 19.6. The lowest BCUT2D eigenvalue weighted by atomic mass is 10.2. The summed E-state index contributed by atoms with van der Waals surface area (Å²) in [4.78, 5) is 23.5. The molecule has 0 aliphatic carbocycles. The molecule has 27 heavy (non-hydrogen) atoms. The third-order valence-electron chi connectivity index (χ3n) is 3.64. The quantitative estimate of drug-likeness (QED) is 0.283. The predicted octanol–water partition coefficient (Wildman–Crippen LogP) is 3.39. The van der Waals surface area contributed by atoms with Gasteiger partial charge in [0.15, 0.2) is 0 Å². The summed E-state index contributed by atoms with van der Waals surface area (Å²) in [5, 5.41) is 9.45. The molecule has 2 aromatic carbocycles. The number of carbonyl (C=O) groups is 2. The maximum absolute atomic E-state index is 11.7. The van der Waals surface area contributed by atoms with Gasteiger partial charge in [0.25, 0.3) is 0 Å². The van der Waals surface area contributed by atoms with Gasteiger partial charge >= 0.3 is 11.9 Å². The van der Waals surface area contributed by atoms with E-state index in [2.05, 4.69) is 0 Å². The number of thioether (sulfide) groups is 2. The molecule has 0 radical (unpaired) electrons. The fraction of sp³-hybridized carbons (Fsp3) is 0.263. The summed E-state index contributed by atoms with van der Waals surface area (Å²) in [6.45, 7) is 0. The van der Waals surface area contributed by atoms with Gasteiger partial charge in [0.05, 0.1) is 6.42 Å². The van der Waals surface area contributed by atoms with Gasteiger partial charge in [0, 0.05) is 21.7 Å². The fourth-order valence-electron chi connectivity index (χ4n) is 2.13. The van der Waals surface area contributed by atoms with Crippen LogP contribution in [0.4, 0.5) is 0 Å². The zero-order valence-electron chi connectivity index (χ0n) is 14.4. The number of carboxylic acids is 1. The van der Waals surface area contributed by atoms with E-state index >= 15 is 0 Å². The van der Waals surface area contributed by atoms with E-state index in [1.807, 2.05) is 47.8 Å². The molecule has 0 spiro atoms. The van der Waals surface area contributed by atoms with Crippen LogP contribution in [0.3, 0.4) is 0 Å². The summed E-state index contributed by atoms with van der Waals surface area (Å²) >= 11 is 3.84. The van der Waals surface area contributed by atoms with Crippen molar-refractivity contribution in [3.8, 4) is 17.2 Å². The van der Waals surface area contributed by atoms with Gasteiger partial charge in [-0.25, -0.2) is 4.79 Å². The normalized spacial score (nSPS) is 16.4. The Morgan fingerprint density at radius 3 is 2.22 bits per heavy atom. The highest BCUT2D eigenvalue weighted by molar-refractivity contribution is 8.08. The average molecular weight is 405 g/mol. The number of nitrogens with two attached hydrogens (primary N) is 1. The summed E-state index contributed by atoms with van der Waals surface area (Å²) in [6, 6.07) is 13.2. The topological polar surface area (TPSA) is 98.9 Å². The zero-order chi connectivity index (χ0) is 19.2. The van der Waals surface area contributed by atoms with Crippen molar-refractivity contribution in [3.05, 3.63) is 48.5 Å². The second kappa shape index (κ2) is 9.16. The average Bonchev–Trinajstić information content (AvgIpc) is 3.46. The van der Waals surface area contributed by atoms with Crippen molar-refractivity contribution in [2.45, 2.75) is 22.6 Å². The van der Waals surface area contributed by atoms with E-state index in [4.69, 9.17) is 20.3 Å². The Morgan fingerprint density at radius 1 is 1.11 bits per heavy atom. The van der Waals surface area contributed by atoms with Gasteiger partial charge in [-0.15, -0.1) is 11.8 Å². The van der Waals surface area contributed by atoms with Crippen LogP contribution in [0.25, 0.3) is 0 Å². The fourth-order valence-corrected chi connectivity index (χ4v) is 3.95. The van der Waals surface area contributed by atoms with Crippen LogP contribution in [0.5, 0.6) is 17.2 Å². The molecule has 0 bridgehead atoms. The highest BCUT2D eigenvalue weighted by Gasteiger charge is 2.22. The summed E-state index contributed by atoms with van der Waals surface area (Å²) < 4.78 is 10.8. The second-order valence-electron chi connectivity index (χ2n) is 5.94. The molecular weight excluding hydrogens is 386 g/mol. The lowest BCUT2D eigenvalue weighted by Crippen LogP contribution is -2.36. The van der Waals surface area contributed by atoms with Crippen molar-refractivity contribution in [2.24, 2.45) is 5.73 Å². The molecular formula is C19H19NO5S2. The molecule has 1 aliphatic heterocycles. The molecule has 1 aliphatic rings. The molecule has 2 atom stereocenters. The summed E-state index contributed by atoms with van der Waals surface area (Å²) in [7, 11) is 0. The summed E-state index contributed by atoms with van der Waals surface area (Å²) in [5.74, 6) is 2.06. The Kier molecular flexibility index (Phi) is 6.65. The lowest BCUT2D eigenvalue weighted by molar-refractivity contribution is -0.143. The molecule has 6 nitrogen and oxygen atoms in total. The Morgan fingerprint density at radius 2 is 1.67 bits per heavy atom. The maximum atomic E-state index is 11.7. The number of carboxylic acid groups (broad SMARTS) is 1. The van der Waals surface area contributed by atoms with Crippen LogP contribution in [0.1, 0.15) is 6.42 Å². The first-order valence-electron chi connectivity index (χ1n) is 8.31. The molecule has 0 saturated carbocycles. The third-order valence-corrected chi connectivity index (χ3v) is 5.99. The molecule has 8 heteroatoms. The molecule has 1 saturated heterocycles. The first-order chi connectivity index (χ1) is 13.0. The van der Waals surface area contributed by atoms with Crippen LogP contribution >= 0.6 is 23.5 Å². The van der Waals surface area contributed by atoms with Crippen LogP contribution in [0, 0.1) is 0 Å². The van der Waals surface area contributed by atoms with Gasteiger partial charge in [-0.05, 0) is 48.5 Å². The van der Waals surface area contributed by atoms with Gasteiger partial charge in [-0.1, -0.05) is 0 Å². The summed E-state index contributed by atoms with van der Waals surface area (Å²) in [6.07, 6.45) is -0.478. The molecule has 1 heterocycles. The molecule has 0 amide bonds. The van der Waals surface area contributed by atoms with Gasteiger partial charge in [0.1, 0.15) is 23.3 Å². The van der Waals surface area contributed by atoms with Gasteiger partial charge < -0.3 is 20.3 Å². The van der Waals surface area contributed by atoms with Gasteiger partial charge in [-0.3, -0.25) is 4.79 Å². The third kappa shape index (κ3) is 6.50. The minimum Gasteiger partial charge on any atom is -0.481 e. The van der Waals surface area contributed by atoms with Gasteiger partial charge in [-0.2, -0.15) is 11.8 Å². The monoisotopic (exact) mass is 405 g/mol. The highest BCUT2D eigenvalue weighted by Crippen LogP contribution is 2.35. The molecule has 0 aromatic heterocycles. The second-order valence-corrected chi connectivity index (χ2v) is 8.36. The lowest BCUT2D eigenvalue weighted by Gasteiger charge is -2.10. The Balaban J connectivity index is 1.50. The van der Waals surface area contributed by atoms with Gasteiger partial charge in [0.2, 0.25) is 0 Å². The minimum atomic E-state index is -1.20. The van der Waals surface area contributed by atoms with Crippen LogP contribution < -0.4 is 15.2 Å². The number of hydrogen-bond acceptors (Lipinski definition) is 7. The van der Waals surface area contributed by atoms with E-state index in [1.165, 1.54) is 10.6 Å². The number of rotatable bonds is 9. The zero-order valence-corrected chi connectivity index (χ0v) is 16.0. The van der Waals surface area contributed by atoms with Crippen LogP contribution in [0.2, 0.25) is 0 Å². The van der Waals surface area contributed by atoms with E-state index < -0.39 is 24.4 Å². The maximum Gasteiger partial charge on any atom is 0.328 e. The highest BCUT2D eigenvalue weighted by atomic mass is 32.2. The largest absolute Gasteiger partial charge is 0.481 e. The van der Waals surface area contributed by atoms with Crippen molar-refractivity contribution < 1.29 is 24.2 Å². The van der Waals surface area contributed by atoms with E-state index in [0.29, 0.717) is 11.5 Å². The number of hydrogen-bond donors (Lipinski definition) is 2. The molecule has 142 valence electrons. The molecule has 2 aromatic rings. The number of ether oxygens (including phenoxy) is 2. The van der Waals surface area contributed by atoms with E-state index in [1.54, 1.807) is 24.3 Å². The Labute approximate surface area is 165 Å². The Hall–Kier alpha value is -2.16. The van der Waals surface area contributed by atoms with Crippen molar-refractivity contribution >= 4 is 35.5 Å². The number of carbonyl (C=O) groups excluding carboxylic acids is 1. The Bertz CT molecular complexity index is 791. The molecule has 1 fully saturated rings. The molecule has 3 rings (SSSR count). The molecule has 3 N–H and O–H groups in total. The van der Waals surface area contributed by atoms with Crippen molar-refractivity contribution in [1.29, 1.82) is 0 Å². The predicted molar refractivity (Wildman–Crippen MR) is 106 cm³/mol. The van der Waals surface area contributed by atoms with Crippen LogP contribution in [-0.2, 0) is 9.59 Å². The van der Waals surface area contributed by atoms with Crippen LogP contribution in [0.15, 0.2) is 53.4 Å². The number of benzene rings is 2. The van der Waals surface area contributed by atoms with Crippen molar-refractivity contribution in [2.75, 3.05) is 11.5 Å². The first-order valence-corrected chi connectivity index (χ1v) is 10.3. The molecule has 2 unspecified atom stereocenters. The van der Waals surface area contributed by atoms with Crippen molar-refractivity contribution in [1.82, 2.24) is 0 Å². The number of aliphatic carboxylic acids is 1. The number of esters is 1. The van der Waals surface area contributed by atoms with E-state index in [-0.39, 0.29) is 5.75 Å². The summed E-state index contributed by atoms with van der Waals surface area (Å²) in [5.41, 5.74) is 5.47. The smallest absolute Gasteiger partial charge is 0.328 e. The van der Waals surface area contributed by atoms with Crippen LogP contribution in [-0.4, -0.2) is 39.8 Å². The SMILES string of the molecule is NC(CC(=O)O)C(=O)Oc1ccc(Oc2ccc(SCC3CS3)cc2)cc1. The minimum absolute atomic E-state index is 0.276. The van der Waals surface area contributed by atoms with Crippen molar-refractivity contribution in [3.63, 3.8) is 0 Å². The van der Waals surface area contributed by atoms with E-state index in [0.717, 1.165) is 11.0 Å².